The van der Waals surface area contributed by atoms with E-state index in [1.165, 1.54) is 6.92 Å². The molecule has 0 radical (unpaired) electrons. The van der Waals surface area contributed by atoms with Gasteiger partial charge in [0.2, 0.25) is 17.8 Å². The van der Waals surface area contributed by atoms with E-state index in [-0.39, 0.29) is 11.8 Å². The van der Waals surface area contributed by atoms with Crippen LogP contribution in [0, 0.1) is 0 Å². The van der Waals surface area contributed by atoms with E-state index in [2.05, 4.69) is 10.3 Å². The van der Waals surface area contributed by atoms with Crippen LogP contribution in [0.2, 0.25) is 0 Å². The molecule has 0 saturated carbocycles. The van der Waals surface area contributed by atoms with Crippen molar-refractivity contribution in [1.29, 1.82) is 0 Å². The third kappa shape index (κ3) is 6.38. The van der Waals surface area contributed by atoms with Gasteiger partial charge >= 0.3 is 5.97 Å². The minimum Gasteiger partial charge on any atom is -0.494 e. The fourth-order valence-electron chi connectivity index (χ4n) is 4.14. The number of carbonyl (C=O) groups excluding carboxylic acids is 3. The Labute approximate surface area is 204 Å². The number of fused-ring (bicyclic) bond motifs is 2. The van der Waals surface area contributed by atoms with Crippen molar-refractivity contribution in [2.75, 3.05) is 13.2 Å². The Morgan fingerprint density at radius 3 is 2.71 bits per heavy atom. The lowest BCUT2D eigenvalue weighted by Gasteiger charge is -2.28. The van der Waals surface area contributed by atoms with Crippen molar-refractivity contribution in [3.05, 3.63) is 59.7 Å². The van der Waals surface area contributed by atoms with Crippen LogP contribution in [0.25, 0.3) is 0 Å². The van der Waals surface area contributed by atoms with Gasteiger partial charge in [0.15, 0.2) is 6.23 Å². The maximum absolute atomic E-state index is 12.9. The molecule has 2 heterocycles. The molecule has 2 aliphatic heterocycles. The molecule has 0 aliphatic carbocycles. The summed E-state index contributed by atoms with van der Waals surface area (Å²) in [5.74, 6) is 0.800. The first-order valence-corrected chi connectivity index (χ1v) is 11.8. The molecule has 35 heavy (non-hydrogen) atoms. The number of rotatable bonds is 10. The number of hydrogen-bond acceptors (Lipinski definition) is 7. The lowest BCUT2D eigenvalue weighted by Crippen LogP contribution is -2.40. The number of aliphatic imine (C=N–C) groups is 1. The van der Waals surface area contributed by atoms with Crippen LogP contribution in [0.3, 0.4) is 0 Å². The number of esters is 1. The maximum Gasteiger partial charge on any atom is 0.304 e. The largest absolute Gasteiger partial charge is 0.494 e. The minimum absolute atomic E-state index is 0.0489. The Hall–Kier alpha value is -3.88. The van der Waals surface area contributed by atoms with Crippen LogP contribution in [-0.2, 0) is 32.2 Å². The van der Waals surface area contributed by atoms with Gasteiger partial charge in [0.1, 0.15) is 12.3 Å². The molecule has 184 valence electrons. The predicted octanol–water partition coefficient (Wildman–Crippen LogP) is 3.11. The Bertz CT molecular complexity index is 1120. The van der Waals surface area contributed by atoms with Gasteiger partial charge in [-0.15, -0.1) is 0 Å². The molecular formula is C26H30N4O5. The van der Waals surface area contributed by atoms with Gasteiger partial charge in [0, 0.05) is 32.0 Å². The molecule has 2 aliphatic rings. The number of carbonyl (C=O) groups is 3. The molecule has 0 bridgehead atoms. The summed E-state index contributed by atoms with van der Waals surface area (Å²) < 4.78 is 11.2. The number of benzene rings is 2. The Kier molecular flexibility index (Phi) is 7.64. The molecule has 0 aromatic heterocycles. The zero-order valence-corrected chi connectivity index (χ0v) is 20.0. The first kappa shape index (κ1) is 24.3. The summed E-state index contributed by atoms with van der Waals surface area (Å²) in [5.41, 5.74) is 2.81. The molecule has 4 rings (SSSR count). The molecule has 0 spiro atoms. The molecule has 2 aromatic rings. The minimum atomic E-state index is -0.642. The van der Waals surface area contributed by atoms with E-state index in [4.69, 9.17) is 9.47 Å². The van der Waals surface area contributed by atoms with Gasteiger partial charge in [-0.3, -0.25) is 19.7 Å². The Morgan fingerprint density at radius 2 is 1.94 bits per heavy atom. The summed E-state index contributed by atoms with van der Waals surface area (Å²) >= 11 is 0. The molecule has 1 unspecified atom stereocenters. The first-order valence-electron chi connectivity index (χ1n) is 11.8. The molecular weight excluding hydrogens is 448 g/mol. The third-order valence-electron chi connectivity index (χ3n) is 5.87. The molecule has 2 aromatic carbocycles. The average molecular weight is 479 g/mol. The van der Waals surface area contributed by atoms with Crippen molar-refractivity contribution in [2.24, 2.45) is 4.99 Å². The highest BCUT2D eigenvalue weighted by molar-refractivity contribution is 6.05. The third-order valence-corrected chi connectivity index (χ3v) is 5.87. The average Bonchev–Trinajstić information content (AvgIpc) is 3.19. The van der Waals surface area contributed by atoms with Crippen molar-refractivity contribution in [3.8, 4) is 5.75 Å². The summed E-state index contributed by atoms with van der Waals surface area (Å²) in [6.45, 7) is 4.82. The summed E-state index contributed by atoms with van der Waals surface area (Å²) in [6.07, 6.45) is 1.05. The molecule has 1 saturated heterocycles. The molecule has 9 heteroatoms. The van der Waals surface area contributed by atoms with E-state index >= 15 is 0 Å². The molecule has 1 atom stereocenters. The van der Waals surface area contributed by atoms with E-state index in [9.17, 15) is 14.4 Å². The van der Waals surface area contributed by atoms with Gasteiger partial charge < -0.3 is 19.3 Å². The monoisotopic (exact) mass is 478 g/mol. The lowest BCUT2D eigenvalue weighted by atomic mass is 10.1. The van der Waals surface area contributed by atoms with Crippen LogP contribution in [0.1, 0.15) is 44.2 Å². The smallest absolute Gasteiger partial charge is 0.304 e. The predicted molar refractivity (Wildman–Crippen MR) is 130 cm³/mol. The fraction of sp³-hybridized carbons (Fsp3) is 0.385. The molecule has 1 N–H and O–H groups in total. The highest BCUT2D eigenvalue weighted by Gasteiger charge is 2.29. The van der Waals surface area contributed by atoms with E-state index in [0.717, 1.165) is 22.6 Å². The molecule has 1 fully saturated rings. The van der Waals surface area contributed by atoms with Crippen molar-refractivity contribution >= 4 is 29.4 Å². The Morgan fingerprint density at radius 1 is 1.14 bits per heavy atom. The second-order valence-electron chi connectivity index (χ2n) is 8.65. The van der Waals surface area contributed by atoms with Gasteiger partial charge in [-0.1, -0.05) is 30.3 Å². The number of guanidine groups is 1. The fourth-order valence-corrected chi connectivity index (χ4v) is 4.14. The zero-order valence-electron chi connectivity index (χ0n) is 20.0. The normalized spacial score (nSPS) is 14.9. The number of nitrogens with zero attached hydrogens (tertiary/aromatic N) is 3. The Balaban J connectivity index is 1.25. The highest BCUT2D eigenvalue weighted by atomic mass is 16.6. The van der Waals surface area contributed by atoms with Gasteiger partial charge in [-0.25, -0.2) is 4.99 Å². The van der Waals surface area contributed by atoms with Crippen LogP contribution >= 0.6 is 0 Å². The van der Waals surface area contributed by atoms with Gasteiger partial charge in [0.05, 0.1) is 12.3 Å². The van der Waals surface area contributed by atoms with Gasteiger partial charge in [-0.05, 0) is 43.5 Å². The standard InChI is InChI=1S/C26H30N4O5/c1-18(35-19(2)31)30(15-20-8-4-3-5-9-20)25(33)10-6-7-13-34-22-11-12-23-21(14-22)16-29-17-24(32)28-26(29)27-23/h3-5,8-9,11-12,14,18H,6-7,10,13,15-17H2,1-2H3,(H,27,28,32). The van der Waals surface area contributed by atoms with Crippen molar-refractivity contribution in [2.45, 2.75) is 52.4 Å². The SMILES string of the molecule is CC(=O)OC(C)N(Cc1ccccc1)C(=O)CCCCOc1ccc2c(c1)CN1CC(=O)NC1=N2. The van der Waals surface area contributed by atoms with E-state index < -0.39 is 12.2 Å². The zero-order chi connectivity index (χ0) is 24.8. The van der Waals surface area contributed by atoms with Gasteiger partial charge in [-0.2, -0.15) is 0 Å². The van der Waals surface area contributed by atoms with Crippen LogP contribution < -0.4 is 10.1 Å². The molecule has 9 nitrogen and oxygen atoms in total. The number of unbranched alkanes of at least 4 members (excludes halogenated alkanes) is 1. The van der Waals surface area contributed by atoms with E-state index in [0.29, 0.717) is 51.5 Å². The number of amides is 2. The van der Waals surface area contributed by atoms with Crippen molar-refractivity contribution in [1.82, 2.24) is 15.1 Å². The van der Waals surface area contributed by atoms with E-state index in [1.807, 2.05) is 53.4 Å². The number of ether oxygens (including phenoxy) is 2. The van der Waals surface area contributed by atoms with Crippen LogP contribution in [0.5, 0.6) is 5.75 Å². The second kappa shape index (κ2) is 11.0. The van der Waals surface area contributed by atoms with E-state index in [1.54, 1.807) is 11.8 Å². The van der Waals surface area contributed by atoms with Crippen LogP contribution in [0.15, 0.2) is 53.5 Å². The lowest BCUT2D eigenvalue weighted by molar-refractivity contribution is -0.162. The van der Waals surface area contributed by atoms with Gasteiger partial charge in [0.25, 0.3) is 0 Å². The molecule has 2 amide bonds. The summed E-state index contributed by atoms with van der Waals surface area (Å²) in [5, 5.41) is 2.76. The second-order valence-corrected chi connectivity index (χ2v) is 8.65. The summed E-state index contributed by atoms with van der Waals surface area (Å²) in [6, 6.07) is 15.3. The topological polar surface area (TPSA) is 101 Å². The quantitative estimate of drug-likeness (QED) is 0.320. The maximum atomic E-state index is 12.9. The first-order chi connectivity index (χ1) is 16.9. The van der Waals surface area contributed by atoms with Crippen LogP contribution in [-0.4, -0.2) is 52.9 Å². The van der Waals surface area contributed by atoms with Crippen molar-refractivity contribution in [3.63, 3.8) is 0 Å². The number of nitrogens with one attached hydrogen (secondary N) is 1. The number of hydrogen-bond donors (Lipinski definition) is 1. The van der Waals surface area contributed by atoms with Crippen LogP contribution in [0.4, 0.5) is 5.69 Å². The summed E-state index contributed by atoms with van der Waals surface area (Å²) in [7, 11) is 0. The highest BCUT2D eigenvalue weighted by Crippen LogP contribution is 2.30. The summed E-state index contributed by atoms with van der Waals surface area (Å²) in [4.78, 5) is 43.9. The van der Waals surface area contributed by atoms with Crippen molar-refractivity contribution < 1.29 is 23.9 Å².